The first-order valence-corrected chi connectivity index (χ1v) is 5.50. The number of hydrogen-bond acceptors (Lipinski definition) is 2. The van der Waals surface area contributed by atoms with Gasteiger partial charge in [-0.2, -0.15) is 0 Å². The monoisotopic (exact) mass is 206 g/mol. The Morgan fingerprint density at radius 1 is 1.27 bits per heavy atom. The second-order valence-corrected chi connectivity index (χ2v) is 3.99. The van der Waals surface area contributed by atoms with Gasteiger partial charge in [-0.3, -0.25) is 0 Å². The van der Waals surface area contributed by atoms with E-state index < -0.39 is 6.10 Å². The molecule has 1 rings (SSSR count). The quantitative estimate of drug-likeness (QED) is 0.700. The molecule has 0 heterocycles. The molecule has 0 amide bonds. The zero-order chi connectivity index (χ0) is 11.1. The average molecular weight is 206 g/mol. The van der Waals surface area contributed by atoms with Crippen LogP contribution in [0.25, 0.3) is 0 Å². The predicted molar refractivity (Wildman–Crippen MR) is 63.5 cm³/mol. The summed E-state index contributed by atoms with van der Waals surface area (Å²) in [5.74, 6) is 0. The Balaban J connectivity index is 2.22. The number of aliphatic hydroxyl groups is 1. The van der Waals surface area contributed by atoms with E-state index in [-0.39, 0.29) is 0 Å². The Kier molecular flexibility index (Phi) is 5.37. The highest BCUT2D eigenvalue weighted by Crippen LogP contribution is 2.15. The number of rotatable bonds is 6. The highest BCUT2D eigenvalue weighted by atomic mass is 16.3. The van der Waals surface area contributed by atoms with Crippen LogP contribution in [0.4, 0.5) is 0 Å². The summed E-state index contributed by atoms with van der Waals surface area (Å²) in [5.41, 5.74) is 0.960. The molecule has 1 aromatic carbocycles. The minimum atomic E-state index is -0.444. The Bertz CT molecular complexity index is 258. The second-order valence-electron chi connectivity index (χ2n) is 3.99. The molecule has 0 aliphatic carbocycles. The first-order chi connectivity index (χ1) is 7.20. The fraction of sp³-hybridized carbons (Fsp3) is 0.462. The van der Waals surface area contributed by atoms with E-state index >= 15 is 0 Å². The topological polar surface area (TPSA) is 32.3 Å². The third-order valence-electron chi connectivity index (χ3n) is 2.23. The fourth-order valence-electron chi connectivity index (χ4n) is 1.40. The van der Waals surface area contributed by atoms with Crippen molar-refractivity contribution in [2.75, 3.05) is 6.54 Å². The molecule has 1 unspecified atom stereocenters. The van der Waals surface area contributed by atoms with Crippen molar-refractivity contribution in [1.82, 2.24) is 5.32 Å². The molecule has 2 heteroatoms. The van der Waals surface area contributed by atoms with Gasteiger partial charge in [-0.15, -0.1) is 0 Å². The molecule has 1 radical (unpaired) electrons. The van der Waals surface area contributed by atoms with Crippen LogP contribution in [0, 0.1) is 6.42 Å². The summed E-state index contributed by atoms with van der Waals surface area (Å²) in [6.07, 6.45) is 2.37. The van der Waals surface area contributed by atoms with Crippen molar-refractivity contribution in [3.05, 3.63) is 42.3 Å². The minimum Gasteiger partial charge on any atom is -0.388 e. The second kappa shape index (κ2) is 6.59. The third-order valence-corrected chi connectivity index (χ3v) is 2.23. The summed E-state index contributed by atoms with van der Waals surface area (Å²) in [7, 11) is 0. The Hall–Kier alpha value is -0.860. The van der Waals surface area contributed by atoms with Gasteiger partial charge in [0.25, 0.3) is 0 Å². The van der Waals surface area contributed by atoms with Gasteiger partial charge in [0.05, 0.1) is 6.10 Å². The summed E-state index contributed by atoms with van der Waals surface area (Å²) < 4.78 is 0. The molecule has 1 aromatic rings. The van der Waals surface area contributed by atoms with Crippen LogP contribution in [0.15, 0.2) is 30.3 Å². The molecular formula is C13H20NO. The smallest absolute Gasteiger partial charge is 0.0822 e. The maximum atomic E-state index is 9.80. The van der Waals surface area contributed by atoms with E-state index in [1.807, 2.05) is 36.8 Å². The van der Waals surface area contributed by atoms with Crippen LogP contribution >= 0.6 is 0 Å². The fourth-order valence-corrected chi connectivity index (χ4v) is 1.40. The van der Waals surface area contributed by atoms with Gasteiger partial charge in [0, 0.05) is 6.04 Å². The molecule has 83 valence electrons. The molecular weight excluding hydrogens is 186 g/mol. The lowest BCUT2D eigenvalue weighted by atomic mass is 10.1. The molecule has 1 atom stereocenters. The van der Waals surface area contributed by atoms with Gasteiger partial charge in [-0.25, -0.2) is 0 Å². The Morgan fingerprint density at radius 2 is 1.93 bits per heavy atom. The van der Waals surface area contributed by atoms with Crippen LogP contribution in [0.1, 0.15) is 31.9 Å². The van der Waals surface area contributed by atoms with Crippen LogP contribution in [0.5, 0.6) is 0 Å². The van der Waals surface area contributed by atoms with E-state index in [0.717, 1.165) is 18.5 Å². The van der Waals surface area contributed by atoms with Crippen molar-refractivity contribution >= 4 is 0 Å². The van der Waals surface area contributed by atoms with E-state index in [4.69, 9.17) is 0 Å². The lowest BCUT2D eigenvalue weighted by Crippen LogP contribution is -2.24. The van der Waals surface area contributed by atoms with E-state index in [9.17, 15) is 5.11 Å². The van der Waals surface area contributed by atoms with Gasteiger partial charge in [0.15, 0.2) is 0 Å². The van der Waals surface area contributed by atoms with Gasteiger partial charge in [-0.05, 0) is 24.9 Å². The van der Waals surface area contributed by atoms with Crippen molar-refractivity contribution in [2.24, 2.45) is 0 Å². The molecule has 0 saturated carbocycles. The third kappa shape index (κ3) is 4.96. The minimum absolute atomic E-state index is 0.444. The van der Waals surface area contributed by atoms with Crippen LogP contribution in [-0.4, -0.2) is 17.7 Å². The zero-order valence-electron chi connectivity index (χ0n) is 9.48. The standard InChI is InChI=1S/C13H20NO/c1-11(2)14-10-6-9-13(15)12-7-4-3-5-8-12/h3-5,7-9,11,13-15H,6,10H2,1-2H3. The first-order valence-electron chi connectivity index (χ1n) is 5.50. The highest BCUT2D eigenvalue weighted by molar-refractivity contribution is 5.19. The molecule has 0 bridgehead atoms. The number of aliphatic hydroxyl groups excluding tert-OH is 1. The summed E-state index contributed by atoms with van der Waals surface area (Å²) in [4.78, 5) is 0. The molecule has 0 spiro atoms. The number of benzene rings is 1. The molecule has 0 aliphatic heterocycles. The highest BCUT2D eigenvalue weighted by Gasteiger charge is 2.06. The van der Waals surface area contributed by atoms with Crippen molar-refractivity contribution < 1.29 is 5.11 Å². The molecule has 15 heavy (non-hydrogen) atoms. The van der Waals surface area contributed by atoms with Crippen LogP contribution < -0.4 is 5.32 Å². The summed E-state index contributed by atoms with van der Waals surface area (Å²) in [6, 6.07) is 10.2. The van der Waals surface area contributed by atoms with Crippen molar-refractivity contribution in [3.63, 3.8) is 0 Å². The molecule has 0 aromatic heterocycles. The van der Waals surface area contributed by atoms with Gasteiger partial charge in [0.1, 0.15) is 0 Å². The van der Waals surface area contributed by atoms with E-state index in [2.05, 4.69) is 19.2 Å². The van der Waals surface area contributed by atoms with Gasteiger partial charge < -0.3 is 10.4 Å². The maximum Gasteiger partial charge on any atom is 0.0822 e. The summed E-state index contributed by atoms with van der Waals surface area (Å²) in [6.45, 7) is 5.16. The van der Waals surface area contributed by atoms with E-state index in [1.54, 1.807) is 0 Å². The SMILES string of the molecule is CC(C)NCC[CH]C(O)c1ccccc1. The maximum absolute atomic E-state index is 9.80. The average Bonchev–Trinajstić information content (AvgIpc) is 2.25. The Morgan fingerprint density at radius 3 is 2.53 bits per heavy atom. The first kappa shape index (κ1) is 12.2. The zero-order valence-corrected chi connectivity index (χ0v) is 9.48. The largest absolute Gasteiger partial charge is 0.388 e. The van der Waals surface area contributed by atoms with Crippen molar-refractivity contribution in [1.29, 1.82) is 0 Å². The van der Waals surface area contributed by atoms with Gasteiger partial charge >= 0.3 is 0 Å². The summed E-state index contributed by atoms with van der Waals surface area (Å²) in [5, 5.41) is 13.1. The van der Waals surface area contributed by atoms with Crippen LogP contribution in [0.3, 0.4) is 0 Å². The normalized spacial score (nSPS) is 13.1. The Labute approximate surface area is 92.3 Å². The van der Waals surface area contributed by atoms with Crippen LogP contribution in [0.2, 0.25) is 0 Å². The predicted octanol–water partition coefficient (Wildman–Crippen LogP) is 2.31. The lowest BCUT2D eigenvalue weighted by Gasteiger charge is -2.11. The molecule has 0 aliphatic rings. The molecule has 2 nitrogen and oxygen atoms in total. The number of nitrogens with one attached hydrogen (secondary N) is 1. The molecule has 0 fully saturated rings. The van der Waals surface area contributed by atoms with Crippen LogP contribution in [-0.2, 0) is 0 Å². The van der Waals surface area contributed by atoms with Gasteiger partial charge in [0.2, 0.25) is 0 Å². The number of hydrogen-bond donors (Lipinski definition) is 2. The van der Waals surface area contributed by atoms with Crippen molar-refractivity contribution in [2.45, 2.75) is 32.4 Å². The van der Waals surface area contributed by atoms with E-state index in [0.29, 0.717) is 6.04 Å². The lowest BCUT2D eigenvalue weighted by molar-refractivity contribution is 0.207. The van der Waals surface area contributed by atoms with Gasteiger partial charge in [-0.1, -0.05) is 44.2 Å². The van der Waals surface area contributed by atoms with E-state index in [1.165, 1.54) is 0 Å². The summed E-state index contributed by atoms with van der Waals surface area (Å²) >= 11 is 0. The van der Waals surface area contributed by atoms with Crippen molar-refractivity contribution in [3.8, 4) is 0 Å². The molecule has 0 saturated heterocycles. The molecule has 2 N–H and O–H groups in total.